The van der Waals surface area contributed by atoms with E-state index in [0.717, 1.165) is 12.4 Å². The summed E-state index contributed by atoms with van der Waals surface area (Å²) in [6.07, 6.45) is 1.83. The van der Waals surface area contributed by atoms with E-state index < -0.39 is 17.7 Å². The van der Waals surface area contributed by atoms with E-state index in [1.807, 2.05) is 0 Å². The first-order chi connectivity index (χ1) is 6.20. The van der Waals surface area contributed by atoms with Gasteiger partial charge in [0.15, 0.2) is 0 Å². The Morgan fingerprint density at radius 3 is 2.38 bits per heavy atom. The normalized spacial score (nSPS) is 12.9. The van der Waals surface area contributed by atoms with Crippen molar-refractivity contribution < 1.29 is 13.9 Å². The van der Waals surface area contributed by atoms with Gasteiger partial charge in [-0.2, -0.15) is 0 Å². The Hall–Kier alpha value is -1.07. The van der Waals surface area contributed by atoms with Crippen molar-refractivity contribution in [2.75, 3.05) is 13.7 Å². The molecule has 1 atom stereocenters. The van der Waals surface area contributed by atoms with Crippen LogP contribution in [-0.4, -0.2) is 23.7 Å². The summed E-state index contributed by atoms with van der Waals surface area (Å²) in [5, 5.41) is 11.4. The fourth-order valence-corrected chi connectivity index (χ4v) is 1.08. The number of nitrogens with zero attached hydrogens (tertiary/aromatic N) is 1. The van der Waals surface area contributed by atoms with Crippen molar-refractivity contribution in [1.82, 2.24) is 10.3 Å². The molecule has 0 aliphatic carbocycles. The lowest BCUT2D eigenvalue weighted by molar-refractivity contribution is 0.244. The molecular weight excluding hydrogens is 178 g/mol. The van der Waals surface area contributed by atoms with Crippen molar-refractivity contribution in [3.05, 3.63) is 29.6 Å². The second-order valence-electron chi connectivity index (χ2n) is 2.54. The molecule has 0 fully saturated rings. The van der Waals surface area contributed by atoms with Gasteiger partial charge in [0.25, 0.3) is 0 Å². The van der Waals surface area contributed by atoms with Gasteiger partial charge in [-0.1, -0.05) is 0 Å². The van der Waals surface area contributed by atoms with Crippen LogP contribution in [0.5, 0.6) is 0 Å². The molecule has 0 spiro atoms. The molecule has 1 aromatic rings. The number of pyridine rings is 1. The van der Waals surface area contributed by atoms with Crippen LogP contribution in [0.3, 0.4) is 0 Å². The third-order valence-corrected chi connectivity index (χ3v) is 1.77. The zero-order chi connectivity index (χ0) is 9.84. The highest BCUT2D eigenvalue weighted by atomic mass is 19.1. The quantitative estimate of drug-likeness (QED) is 0.730. The Kier molecular flexibility index (Phi) is 3.27. The number of rotatable bonds is 3. The maximum absolute atomic E-state index is 13.0. The molecule has 0 bridgehead atoms. The van der Waals surface area contributed by atoms with Gasteiger partial charge in [-0.25, -0.2) is 8.78 Å². The van der Waals surface area contributed by atoms with Gasteiger partial charge in [0, 0.05) is 5.56 Å². The average Bonchev–Trinajstić information content (AvgIpc) is 2.11. The van der Waals surface area contributed by atoms with Gasteiger partial charge >= 0.3 is 0 Å². The van der Waals surface area contributed by atoms with E-state index in [9.17, 15) is 8.78 Å². The van der Waals surface area contributed by atoms with Crippen molar-refractivity contribution in [3.8, 4) is 0 Å². The lowest BCUT2D eigenvalue weighted by Crippen LogP contribution is -2.22. The monoisotopic (exact) mass is 188 g/mol. The second kappa shape index (κ2) is 4.25. The molecule has 1 aromatic heterocycles. The molecule has 3 nitrogen and oxygen atoms in total. The predicted octanol–water partition coefficient (Wildman–Crippen LogP) is 0.613. The number of aliphatic hydroxyl groups excluding tert-OH is 1. The summed E-state index contributed by atoms with van der Waals surface area (Å²) in [6, 6.07) is -0.733. The molecule has 0 radical (unpaired) electrons. The van der Waals surface area contributed by atoms with E-state index in [2.05, 4.69) is 10.3 Å². The predicted molar refractivity (Wildman–Crippen MR) is 43.0 cm³/mol. The van der Waals surface area contributed by atoms with Gasteiger partial charge < -0.3 is 10.4 Å². The number of aliphatic hydroxyl groups is 1. The minimum absolute atomic E-state index is 0.181. The van der Waals surface area contributed by atoms with Crippen molar-refractivity contribution in [3.63, 3.8) is 0 Å². The maximum atomic E-state index is 13.0. The summed E-state index contributed by atoms with van der Waals surface area (Å²) in [5.74, 6) is -1.51. The summed E-state index contributed by atoms with van der Waals surface area (Å²) in [7, 11) is 1.51. The lowest BCUT2D eigenvalue weighted by atomic mass is 10.1. The third kappa shape index (κ3) is 1.99. The van der Waals surface area contributed by atoms with E-state index in [-0.39, 0.29) is 12.2 Å². The van der Waals surface area contributed by atoms with Crippen LogP contribution in [-0.2, 0) is 0 Å². The molecule has 0 aromatic carbocycles. The minimum Gasteiger partial charge on any atom is -0.394 e. The van der Waals surface area contributed by atoms with E-state index in [0.29, 0.717) is 0 Å². The first kappa shape index (κ1) is 10.0. The second-order valence-corrected chi connectivity index (χ2v) is 2.54. The molecule has 1 rings (SSSR count). The van der Waals surface area contributed by atoms with E-state index in [4.69, 9.17) is 5.11 Å². The summed E-state index contributed by atoms with van der Waals surface area (Å²) >= 11 is 0. The summed E-state index contributed by atoms with van der Waals surface area (Å²) < 4.78 is 26.0. The Morgan fingerprint density at radius 2 is 2.00 bits per heavy atom. The van der Waals surface area contributed by atoms with Crippen molar-refractivity contribution in [1.29, 1.82) is 0 Å². The zero-order valence-corrected chi connectivity index (χ0v) is 7.09. The molecule has 0 saturated carbocycles. The molecule has 5 heteroatoms. The Balaban J connectivity index is 3.10. The van der Waals surface area contributed by atoms with Crippen LogP contribution in [0.1, 0.15) is 11.6 Å². The SMILES string of the molecule is CN[C@H](CO)c1c(F)cncc1F. The van der Waals surface area contributed by atoms with Gasteiger partial charge in [0.2, 0.25) is 0 Å². The fraction of sp³-hybridized carbons (Fsp3) is 0.375. The van der Waals surface area contributed by atoms with Crippen molar-refractivity contribution in [2.45, 2.75) is 6.04 Å². The first-order valence-corrected chi connectivity index (χ1v) is 3.77. The number of aromatic nitrogens is 1. The molecule has 2 N–H and O–H groups in total. The number of halogens is 2. The van der Waals surface area contributed by atoms with Gasteiger partial charge in [0.05, 0.1) is 25.0 Å². The summed E-state index contributed by atoms with van der Waals surface area (Å²) in [6.45, 7) is -0.367. The topological polar surface area (TPSA) is 45.1 Å². The average molecular weight is 188 g/mol. The molecule has 0 aliphatic heterocycles. The zero-order valence-electron chi connectivity index (χ0n) is 7.09. The summed E-state index contributed by atoms with van der Waals surface area (Å²) in [4.78, 5) is 3.34. The number of hydrogen-bond acceptors (Lipinski definition) is 3. The number of hydrogen-bond donors (Lipinski definition) is 2. The minimum atomic E-state index is -0.756. The highest BCUT2D eigenvalue weighted by Gasteiger charge is 2.17. The Morgan fingerprint density at radius 1 is 1.46 bits per heavy atom. The molecule has 0 unspecified atom stereocenters. The Labute approximate surface area is 74.4 Å². The van der Waals surface area contributed by atoms with Crippen LogP contribution in [0.25, 0.3) is 0 Å². The molecule has 72 valence electrons. The van der Waals surface area contributed by atoms with Crippen LogP contribution >= 0.6 is 0 Å². The van der Waals surface area contributed by atoms with Crippen molar-refractivity contribution in [2.24, 2.45) is 0 Å². The van der Waals surface area contributed by atoms with Gasteiger partial charge in [-0.15, -0.1) is 0 Å². The number of nitrogens with one attached hydrogen (secondary N) is 1. The standard InChI is InChI=1S/C8H10F2N2O/c1-11-7(4-13)8-5(9)2-12-3-6(8)10/h2-3,7,11,13H,4H2,1H3/t7-/m1/s1. The molecule has 1 heterocycles. The first-order valence-electron chi connectivity index (χ1n) is 3.77. The Bertz CT molecular complexity index is 269. The smallest absolute Gasteiger partial charge is 0.149 e. The molecular formula is C8H10F2N2O. The van der Waals surface area contributed by atoms with Gasteiger partial charge in [-0.3, -0.25) is 4.98 Å². The van der Waals surface area contributed by atoms with Gasteiger partial charge in [-0.05, 0) is 7.05 Å². The highest BCUT2D eigenvalue weighted by Crippen LogP contribution is 2.18. The van der Waals surface area contributed by atoms with E-state index in [1.54, 1.807) is 0 Å². The molecule has 13 heavy (non-hydrogen) atoms. The highest BCUT2D eigenvalue weighted by molar-refractivity contribution is 5.19. The van der Waals surface area contributed by atoms with E-state index >= 15 is 0 Å². The summed E-state index contributed by atoms with van der Waals surface area (Å²) in [5.41, 5.74) is -0.181. The van der Waals surface area contributed by atoms with Crippen LogP contribution in [0.4, 0.5) is 8.78 Å². The van der Waals surface area contributed by atoms with Crippen LogP contribution in [0.2, 0.25) is 0 Å². The van der Waals surface area contributed by atoms with Crippen molar-refractivity contribution >= 4 is 0 Å². The molecule has 0 amide bonds. The third-order valence-electron chi connectivity index (χ3n) is 1.77. The van der Waals surface area contributed by atoms with Crippen LogP contribution < -0.4 is 5.32 Å². The largest absolute Gasteiger partial charge is 0.394 e. The molecule has 0 aliphatic rings. The van der Waals surface area contributed by atoms with E-state index in [1.165, 1.54) is 7.05 Å². The van der Waals surface area contributed by atoms with Crippen LogP contribution in [0, 0.1) is 11.6 Å². The maximum Gasteiger partial charge on any atom is 0.149 e. The van der Waals surface area contributed by atoms with Gasteiger partial charge in [0.1, 0.15) is 11.6 Å². The molecule has 0 saturated heterocycles. The lowest BCUT2D eigenvalue weighted by Gasteiger charge is -2.14. The fourth-order valence-electron chi connectivity index (χ4n) is 1.08. The number of likely N-dealkylation sites (N-methyl/N-ethyl adjacent to an activating group) is 1. The van der Waals surface area contributed by atoms with Crippen LogP contribution in [0.15, 0.2) is 12.4 Å².